The third kappa shape index (κ3) is 3.33. The van der Waals surface area contributed by atoms with Crippen molar-refractivity contribution in [3.8, 4) is 0 Å². The van der Waals surface area contributed by atoms with Crippen LogP contribution in [0.4, 0.5) is 5.95 Å². The molecule has 0 radical (unpaired) electrons. The van der Waals surface area contributed by atoms with Crippen LogP contribution in [0, 0.1) is 5.92 Å². The number of aromatic nitrogens is 2. The van der Waals surface area contributed by atoms with Crippen LogP contribution in [-0.2, 0) is 4.74 Å². The molecule has 0 amide bonds. The van der Waals surface area contributed by atoms with E-state index < -0.39 is 0 Å². The summed E-state index contributed by atoms with van der Waals surface area (Å²) in [5.41, 5.74) is 1.27. The minimum atomic E-state index is 0.227. The number of hydrogen-bond acceptors (Lipinski definition) is 4. The number of benzene rings is 1. The average Bonchev–Trinajstić information content (AvgIpc) is 3.02. The summed E-state index contributed by atoms with van der Waals surface area (Å²) < 4.78 is 5.49. The van der Waals surface area contributed by atoms with E-state index in [2.05, 4.69) is 39.6 Å². The van der Waals surface area contributed by atoms with Gasteiger partial charge in [-0.2, -0.15) is 0 Å². The lowest BCUT2D eigenvalue weighted by molar-refractivity contribution is 0.183. The molecule has 2 aromatic rings. The summed E-state index contributed by atoms with van der Waals surface area (Å²) in [5.74, 6) is 1.29. The first kappa shape index (κ1) is 13.1. The van der Waals surface area contributed by atoms with Gasteiger partial charge in [-0.25, -0.2) is 9.97 Å². The molecule has 0 unspecified atom stereocenters. The minimum absolute atomic E-state index is 0.227. The molecule has 1 aliphatic rings. The van der Waals surface area contributed by atoms with E-state index in [1.54, 1.807) is 12.4 Å². The predicted molar refractivity (Wildman–Crippen MR) is 78.4 cm³/mol. The SMILES string of the molecule is c1ccc([C@@H](C[C@@H]2CCOC2)Nc2ncccn2)cc1. The van der Waals surface area contributed by atoms with Gasteiger partial charge in [0, 0.05) is 25.6 Å². The van der Waals surface area contributed by atoms with E-state index in [-0.39, 0.29) is 6.04 Å². The highest BCUT2D eigenvalue weighted by Gasteiger charge is 2.22. The number of rotatable bonds is 5. The second-order valence-electron chi connectivity index (χ2n) is 5.15. The molecular weight excluding hydrogens is 250 g/mol. The molecule has 2 heterocycles. The number of anilines is 1. The van der Waals surface area contributed by atoms with E-state index in [1.165, 1.54) is 5.56 Å². The fourth-order valence-corrected chi connectivity index (χ4v) is 2.60. The van der Waals surface area contributed by atoms with Crippen LogP contribution < -0.4 is 5.32 Å². The zero-order chi connectivity index (χ0) is 13.6. The van der Waals surface area contributed by atoms with Crippen molar-refractivity contribution in [1.29, 1.82) is 0 Å². The van der Waals surface area contributed by atoms with Gasteiger partial charge in [0.05, 0.1) is 6.04 Å². The van der Waals surface area contributed by atoms with E-state index >= 15 is 0 Å². The van der Waals surface area contributed by atoms with Crippen molar-refractivity contribution in [2.24, 2.45) is 5.92 Å². The van der Waals surface area contributed by atoms with Crippen LogP contribution in [0.2, 0.25) is 0 Å². The van der Waals surface area contributed by atoms with Gasteiger partial charge < -0.3 is 10.1 Å². The quantitative estimate of drug-likeness (QED) is 0.906. The number of nitrogens with zero attached hydrogens (tertiary/aromatic N) is 2. The number of nitrogens with one attached hydrogen (secondary N) is 1. The molecule has 1 N–H and O–H groups in total. The lowest BCUT2D eigenvalue weighted by Gasteiger charge is -2.21. The van der Waals surface area contributed by atoms with Crippen molar-refractivity contribution in [2.45, 2.75) is 18.9 Å². The average molecular weight is 269 g/mol. The van der Waals surface area contributed by atoms with Crippen LogP contribution in [0.3, 0.4) is 0 Å². The highest BCUT2D eigenvalue weighted by molar-refractivity contribution is 5.31. The first-order valence-electron chi connectivity index (χ1n) is 7.08. The lowest BCUT2D eigenvalue weighted by Crippen LogP contribution is -2.17. The Labute approximate surface area is 119 Å². The highest BCUT2D eigenvalue weighted by Crippen LogP contribution is 2.28. The molecule has 4 nitrogen and oxygen atoms in total. The fourth-order valence-electron chi connectivity index (χ4n) is 2.60. The molecule has 2 atom stereocenters. The van der Waals surface area contributed by atoms with Crippen LogP contribution in [0.5, 0.6) is 0 Å². The number of ether oxygens (including phenoxy) is 1. The van der Waals surface area contributed by atoms with Crippen molar-refractivity contribution >= 4 is 5.95 Å². The summed E-state index contributed by atoms with van der Waals surface area (Å²) in [5, 5.41) is 3.44. The van der Waals surface area contributed by atoms with Crippen LogP contribution in [-0.4, -0.2) is 23.2 Å². The Morgan fingerprint density at radius 3 is 2.65 bits per heavy atom. The standard InChI is InChI=1S/C16H19N3O/c1-2-5-14(6-3-1)15(11-13-7-10-20-12-13)19-16-17-8-4-9-18-16/h1-6,8-9,13,15H,7,10-12H2,(H,17,18,19)/t13-,15+/m0/s1. The molecule has 0 bridgehead atoms. The summed E-state index contributed by atoms with van der Waals surface area (Å²) >= 11 is 0. The monoisotopic (exact) mass is 269 g/mol. The summed E-state index contributed by atoms with van der Waals surface area (Å²) in [7, 11) is 0. The molecule has 1 aromatic carbocycles. The van der Waals surface area contributed by atoms with Gasteiger partial charge in [-0.1, -0.05) is 30.3 Å². The van der Waals surface area contributed by atoms with Gasteiger partial charge in [0.15, 0.2) is 0 Å². The zero-order valence-corrected chi connectivity index (χ0v) is 11.4. The van der Waals surface area contributed by atoms with Gasteiger partial charge >= 0.3 is 0 Å². The molecular formula is C16H19N3O. The molecule has 104 valence electrons. The molecule has 20 heavy (non-hydrogen) atoms. The van der Waals surface area contributed by atoms with Gasteiger partial charge in [0.2, 0.25) is 5.95 Å². The summed E-state index contributed by atoms with van der Waals surface area (Å²) in [6.07, 6.45) is 5.70. The maximum Gasteiger partial charge on any atom is 0.223 e. The molecule has 0 spiro atoms. The van der Waals surface area contributed by atoms with Crippen LogP contribution in [0.25, 0.3) is 0 Å². The summed E-state index contributed by atoms with van der Waals surface area (Å²) in [6, 6.07) is 12.5. The molecule has 1 saturated heterocycles. The van der Waals surface area contributed by atoms with Crippen LogP contribution >= 0.6 is 0 Å². The van der Waals surface area contributed by atoms with E-state index in [1.807, 2.05) is 12.1 Å². The Bertz CT molecular complexity index is 512. The van der Waals surface area contributed by atoms with Gasteiger partial charge in [-0.05, 0) is 30.4 Å². The smallest absolute Gasteiger partial charge is 0.223 e. The van der Waals surface area contributed by atoms with Crippen molar-refractivity contribution in [2.75, 3.05) is 18.5 Å². The zero-order valence-electron chi connectivity index (χ0n) is 11.4. The third-order valence-corrected chi connectivity index (χ3v) is 3.66. The topological polar surface area (TPSA) is 47.0 Å². The molecule has 1 fully saturated rings. The van der Waals surface area contributed by atoms with E-state index in [0.29, 0.717) is 11.9 Å². The molecule has 0 saturated carbocycles. The molecule has 3 rings (SSSR count). The first-order valence-corrected chi connectivity index (χ1v) is 7.08. The maximum absolute atomic E-state index is 5.49. The molecule has 1 aliphatic heterocycles. The van der Waals surface area contributed by atoms with E-state index in [0.717, 1.165) is 26.1 Å². The maximum atomic E-state index is 5.49. The normalized spacial score (nSPS) is 19.7. The van der Waals surface area contributed by atoms with Crippen molar-refractivity contribution in [1.82, 2.24) is 9.97 Å². The second kappa shape index (κ2) is 6.48. The highest BCUT2D eigenvalue weighted by atomic mass is 16.5. The van der Waals surface area contributed by atoms with E-state index in [9.17, 15) is 0 Å². The summed E-state index contributed by atoms with van der Waals surface area (Å²) in [4.78, 5) is 8.53. The predicted octanol–water partition coefficient (Wildman–Crippen LogP) is 3.06. The van der Waals surface area contributed by atoms with Crippen LogP contribution in [0.1, 0.15) is 24.4 Å². The first-order chi connectivity index (χ1) is 9.92. The Morgan fingerprint density at radius 1 is 1.15 bits per heavy atom. The van der Waals surface area contributed by atoms with Gasteiger partial charge in [-0.3, -0.25) is 0 Å². The van der Waals surface area contributed by atoms with Crippen LogP contribution in [0.15, 0.2) is 48.8 Å². The molecule has 1 aromatic heterocycles. The fraction of sp³-hybridized carbons (Fsp3) is 0.375. The second-order valence-corrected chi connectivity index (χ2v) is 5.15. The lowest BCUT2D eigenvalue weighted by atomic mass is 9.94. The largest absolute Gasteiger partial charge is 0.381 e. The Balaban J connectivity index is 1.76. The third-order valence-electron chi connectivity index (χ3n) is 3.66. The minimum Gasteiger partial charge on any atom is -0.381 e. The Hall–Kier alpha value is -1.94. The van der Waals surface area contributed by atoms with Gasteiger partial charge in [0.1, 0.15) is 0 Å². The van der Waals surface area contributed by atoms with Crippen molar-refractivity contribution in [3.05, 3.63) is 54.4 Å². The Morgan fingerprint density at radius 2 is 1.95 bits per heavy atom. The Kier molecular flexibility index (Phi) is 4.23. The van der Waals surface area contributed by atoms with E-state index in [4.69, 9.17) is 4.74 Å². The van der Waals surface area contributed by atoms with Crippen molar-refractivity contribution in [3.63, 3.8) is 0 Å². The molecule has 0 aliphatic carbocycles. The van der Waals surface area contributed by atoms with Gasteiger partial charge in [0.25, 0.3) is 0 Å². The molecule has 4 heteroatoms. The van der Waals surface area contributed by atoms with Gasteiger partial charge in [-0.15, -0.1) is 0 Å². The number of hydrogen-bond donors (Lipinski definition) is 1. The van der Waals surface area contributed by atoms with Crippen molar-refractivity contribution < 1.29 is 4.74 Å². The summed E-state index contributed by atoms with van der Waals surface area (Å²) in [6.45, 7) is 1.74.